The van der Waals surface area contributed by atoms with Gasteiger partial charge in [-0.05, 0) is 54.1 Å². The first kappa shape index (κ1) is 16.3. The maximum atomic E-state index is 12.0. The van der Waals surface area contributed by atoms with Gasteiger partial charge in [0, 0.05) is 30.3 Å². The Hall–Kier alpha value is -3.54. The Kier molecular flexibility index (Phi) is 4.80. The van der Waals surface area contributed by atoms with Crippen molar-refractivity contribution in [2.75, 3.05) is 5.32 Å². The van der Waals surface area contributed by atoms with Crippen LogP contribution in [0.5, 0.6) is 0 Å². The van der Waals surface area contributed by atoms with Gasteiger partial charge in [-0.2, -0.15) is 0 Å². The molecule has 2 aromatic carbocycles. The maximum Gasteiger partial charge on any atom is 0.335 e. The Morgan fingerprint density at radius 2 is 1.56 bits per heavy atom. The molecule has 0 aliphatic carbocycles. The lowest BCUT2D eigenvalue weighted by molar-refractivity contribution is 0.0697. The number of aromatic carboxylic acids is 1. The van der Waals surface area contributed by atoms with Crippen LogP contribution in [0, 0.1) is 0 Å². The molecule has 6 heteroatoms. The van der Waals surface area contributed by atoms with Crippen molar-refractivity contribution in [3.8, 4) is 5.69 Å². The van der Waals surface area contributed by atoms with Crippen LogP contribution in [0.15, 0.2) is 73.1 Å². The second kappa shape index (κ2) is 7.35. The van der Waals surface area contributed by atoms with Gasteiger partial charge in [0.05, 0.1) is 5.56 Å². The summed E-state index contributed by atoms with van der Waals surface area (Å²) in [7, 11) is 0. The molecule has 25 heavy (non-hydrogen) atoms. The number of hydrogen-bond acceptors (Lipinski definition) is 2. The quantitative estimate of drug-likeness (QED) is 0.667. The first-order valence-electron chi connectivity index (χ1n) is 7.72. The van der Waals surface area contributed by atoms with E-state index in [0.717, 1.165) is 11.3 Å². The van der Waals surface area contributed by atoms with Gasteiger partial charge in [0.1, 0.15) is 0 Å². The number of amides is 2. The van der Waals surface area contributed by atoms with Gasteiger partial charge in [-0.1, -0.05) is 12.1 Å². The summed E-state index contributed by atoms with van der Waals surface area (Å²) in [5.74, 6) is -0.972. The molecule has 0 radical (unpaired) electrons. The van der Waals surface area contributed by atoms with Crippen molar-refractivity contribution in [1.29, 1.82) is 0 Å². The van der Waals surface area contributed by atoms with E-state index in [2.05, 4.69) is 10.6 Å². The molecule has 3 aromatic rings. The lowest BCUT2D eigenvalue weighted by Crippen LogP contribution is -2.28. The van der Waals surface area contributed by atoms with Crippen LogP contribution < -0.4 is 10.6 Å². The topological polar surface area (TPSA) is 83.4 Å². The summed E-state index contributed by atoms with van der Waals surface area (Å²) < 4.78 is 1.98. The summed E-state index contributed by atoms with van der Waals surface area (Å²) in [5, 5.41) is 14.4. The Balaban J connectivity index is 1.53. The Morgan fingerprint density at radius 3 is 2.16 bits per heavy atom. The molecule has 0 aliphatic rings. The van der Waals surface area contributed by atoms with Gasteiger partial charge in [-0.3, -0.25) is 0 Å². The Labute approximate surface area is 144 Å². The molecule has 3 rings (SSSR count). The average Bonchev–Trinajstić information content (AvgIpc) is 3.15. The molecule has 0 fully saturated rings. The fourth-order valence-corrected chi connectivity index (χ4v) is 2.35. The summed E-state index contributed by atoms with van der Waals surface area (Å²) in [5.41, 5.74) is 2.74. The minimum atomic E-state index is -0.972. The molecule has 0 saturated carbocycles. The van der Waals surface area contributed by atoms with Crippen molar-refractivity contribution < 1.29 is 14.7 Å². The Bertz CT molecular complexity index is 854. The van der Waals surface area contributed by atoms with Crippen molar-refractivity contribution in [2.45, 2.75) is 6.54 Å². The highest BCUT2D eigenvalue weighted by Gasteiger charge is 2.04. The van der Waals surface area contributed by atoms with Crippen LogP contribution in [0.2, 0.25) is 0 Å². The highest BCUT2D eigenvalue weighted by atomic mass is 16.4. The monoisotopic (exact) mass is 335 g/mol. The number of aromatic nitrogens is 1. The van der Waals surface area contributed by atoms with Gasteiger partial charge in [0.15, 0.2) is 0 Å². The van der Waals surface area contributed by atoms with Crippen LogP contribution in [-0.4, -0.2) is 21.7 Å². The van der Waals surface area contributed by atoms with Gasteiger partial charge in [0.25, 0.3) is 0 Å². The molecule has 0 unspecified atom stereocenters. The molecule has 0 spiro atoms. The molecule has 1 heterocycles. The van der Waals surface area contributed by atoms with Gasteiger partial charge >= 0.3 is 12.0 Å². The van der Waals surface area contributed by atoms with Gasteiger partial charge < -0.3 is 20.3 Å². The van der Waals surface area contributed by atoms with E-state index in [1.165, 1.54) is 12.1 Å². The van der Waals surface area contributed by atoms with E-state index in [9.17, 15) is 9.59 Å². The summed E-state index contributed by atoms with van der Waals surface area (Å²) in [6, 6.07) is 17.4. The van der Waals surface area contributed by atoms with E-state index < -0.39 is 5.97 Å². The van der Waals surface area contributed by atoms with Crippen LogP contribution in [-0.2, 0) is 6.54 Å². The SMILES string of the molecule is O=C(NCc1ccc(C(=O)O)cc1)Nc1ccc(-n2cccc2)cc1. The number of carboxylic acid groups (broad SMARTS) is 1. The van der Waals surface area contributed by atoms with Crippen molar-refractivity contribution in [3.63, 3.8) is 0 Å². The predicted molar refractivity (Wildman–Crippen MR) is 95.0 cm³/mol. The van der Waals surface area contributed by atoms with Gasteiger partial charge in [0.2, 0.25) is 0 Å². The van der Waals surface area contributed by atoms with Crippen molar-refractivity contribution in [1.82, 2.24) is 9.88 Å². The maximum absolute atomic E-state index is 12.0. The van der Waals surface area contributed by atoms with Crippen LogP contribution in [0.1, 0.15) is 15.9 Å². The standard InChI is InChI=1S/C19H17N3O3/c23-18(24)15-5-3-14(4-6-15)13-20-19(25)21-16-7-9-17(10-8-16)22-11-1-2-12-22/h1-12H,13H2,(H,23,24)(H2,20,21,25). The summed E-state index contributed by atoms with van der Waals surface area (Å²) in [4.78, 5) is 22.8. The highest BCUT2D eigenvalue weighted by Crippen LogP contribution is 2.13. The van der Waals surface area contributed by atoms with Crippen LogP contribution >= 0.6 is 0 Å². The van der Waals surface area contributed by atoms with E-state index in [1.807, 2.05) is 53.4 Å². The molecule has 2 amide bonds. The number of rotatable bonds is 5. The lowest BCUT2D eigenvalue weighted by Gasteiger charge is -2.09. The predicted octanol–water partition coefficient (Wildman–Crippen LogP) is 3.50. The molecule has 3 N–H and O–H groups in total. The average molecular weight is 335 g/mol. The molecule has 0 atom stereocenters. The molecule has 0 saturated heterocycles. The van der Waals surface area contributed by atoms with E-state index in [0.29, 0.717) is 12.2 Å². The normalized spacial score (nSPS) is 10.2. The fourth-order valence-electron chi connectivity index (χ4n) is 2.35. The highest BCUT2D eigenvalue weighted by molar-refractivity contribution is 5.89. The molecular formula is C19H17N3O3. The van der Waals surface area contributed by atoms with Crippen molar-refractivity contribution in [3.05, 3.63) is 84.2 Å². The van der Waals surface area contributed by atoms with Crippen molar-refractivity contribution >= 4 is 17.7 Å². The minimum Gasteiger partial charge on any atom is -0.478 e. The zero-order valence-electron chi connectivity index (χ0n) is 13.3. The molecule has 126 valence electrons. The number of carboxylic acids is 1. The first-order valence-corrected chi connectivity index (χ1v) is 7.72. The third-order valence-electron chi connectivity index (χ3n) is 3.68. The van der Waals surface area contributed by atoms with E-state index in [4.69, 9.17) is 5.11 Å². The molecule has 0 aliphatic heterocycles. The molecular weight excluding hydrogens is 318 g/mol. The second-order valence-electron chi connectivity index (χ2n) is 5.45. The Morgan fingerprint density at radius 1 is 0.920 bits per heavy atom. The first-order chi connectivity index (χ1) is 12.1. The van der Waals surface area contributed by atoms with Gasteiger partial charge in [-0.25, -0.2) is 9.59 Å². The number of carbonyl (C=O) groups is 2. The second-order valence-corrected chi connectivity index (χ2v) is 5.45. The summed E-state index contributed by atoms with van der Waals surface area (Å²) >= 11 is 0. The number of anilines is 1. The van der Waals surface area contributed by atoms with E-state index in [1.54, 1.807) is 12.1 Å². The summed E-state index contributed by atoms with van der Waals surface area (Å²) in [6.45, 7) is 0.313. The molecule has 6 nitrogen and oxygen atoms in total. The summed E-state index contributed by atoms with van der Waals surface area (Å²) in [6.07, 6.45) is 3.90. The van der Waals surface area contributed by atoms with Crippen LogP contribution in [0.3, 0.4) is 0 Å². The zero-order chi connectivity index (χ0) is 17.6. The van der Waals surface area contributed by atoms with E-state index >= 15 is 0 Å². The largest absolute Gasteiger partial charge is 0.478 e. The minimum absolute atomic E-state index is 0.219. The number of nitrogens with one attached hydrogen (secondary N) is 2. The number of urea groups is 1. The van der Waals surface area contributed by atoms with E-state index in [-0.39, 0.29) is 11.6 Å². The third kappa shape index (κ3) is 4.26. The van der Waals surface area contributed by atoms with Crippen molar-refractivity contribution in [2.24, 2.45) is 0 Å². The molecule has 0 bridgehead atoms. The zero-order valence-corrected chi connectivity index (χ0v) is 13.3. The molecule has 1 aromatic heterocycles. The van der Waals surface area contributed by atoms with Gasteiger partial charge in [-0.15, -0.1) is 0 Å². The third-order valence-corrected chi connectivity index (χ3v) is 3.68. The van der Waals surface area contributed by atoms with Crippen LogP contribution in [0.4, 0.5) is 10.5 Å². The lowest BCUT2D eigenvalue weighted by atomic mass is 10.1. The number of benzene rings is 2. The number of carbonyl (C=O) groups excluding carboxylic acids is 1. The van der Waals surface area contributed by atoms with Crippen LogP contribution in [0.25, 0.3) is 5.69 Å². The smallest absolute Gasteiger partial charge is 0.335 e. The fraction of sp³-hybridized carbons (Fsp3) is 0.0526. The number of hydrogen-bond donors (Lipinski definition) is 3. The number of nitrogens with zero attached hydrogens (tertiary/aromatic N) is 1.